The molecule has 36 heavy (non-hydrogen) atoms. The summed E-state index contributed by atoms with van der Waals surface area (Å²) in [4.78, 5) is 35.0. The van der Waals surface area contributed by atoms with Gasteiger partial charge in [-0.2, -0.15) is 5.26 Å². The number of amides is 2. The second-order valence-corrected chi connectivity index (χ2v) is 7.62. The number of carbonyl (C=O) groups excluding carboxylic acids is 2. The lowest BCUT2D eigenvalue weighted by Gasteiger charge is -2.12. The molecule has 0 aromatic heterocycles. The van der Waals surface area contributed by atoms with Gasteiger partial charge in [0.25, 0.3) is 17.5 Å². The third kappa shape index (κ3) is 7.06. The molecule has 0 saturated heterocycles. The van der Waals surface area contributed by atoms with Gasteiger partial charge in [0.2, 0.25) is 0 Å². The van der Waals surface area contributed by atoms with Crippen molar-refractivity contribution in [3.63, 3.8) is 0 Å². The molecule has 2 amide bonds. The summed E-state index contributed by atoms with van der Waals surface area (Å²) in [6.45, 7) is -0.388. The van der Waals surface area contributed by atoms with Gasteiger partial charge in [0.1, 0.15) is 11.6 Å². The van der Waals surface area contributed by atoms with Gasteiger partial charge in [-0.25, -0.2) is 0 Å². The maximum absolute atomic E-state index is 12.5. The first-order valence-corrected chi connectivity index (χ1v) is 10.7. The topological polar surface area (TPSA) is 144 Å². The van der Waals surface area contributed by atoms with Crippen LogP contribution in [0.2, 0.25) is 5.02 Å². The molecule has 0 saturated carbocycles. The summed E-state index contributed by atoms with van der Waals surface area (Å²) in [7, 11) is 1.40. The highest BCUT2D eigenvalue weighted by molar-refractivity contribution is 6.30. The van der Waals surface area contributed by atoms with Crippen LogP contribution in [0.25, 0.3) is 6.08 Å². The van der Waals surface area contributed by atoms with E-state index in [-0.39, 0.29) is 35.1 Å². The second kappa shape index (κ2) is 12.0. The minimum Gasteiger partial charge on any atom is -0.493 e. The molecule has 182 valence electrons. The van der Waals surface area contributed by atoms with E-state index in [9.17, 15) is 25.0 Å². The second-order valence-electron chi connectivity index (χ2n) is 7.19. The zero-order valence-corrected chi connectivity index (χ0v) is 19.6. The average Bonchev–Trinajstić information content (AvgIpc) is 2.87. The van der Waals surface area contributed by atoms with Crippen LogP contribution in [0.1, 0.15) is 5.56 Å². The number of ether oxygens (including phenoxy) is 2. The summed E-state index contributed by atoms with van der Waals surface area (Å²) in [6, 6.07) is 18.5. The van der Waals surface area contributed by atoms with E-state index >= 15 is 0 Å². The number of hydrogen-bond donors (Lipinski definition) is 2. The average molecular weight is 507 g/mol. The molecule has 11 heteroatoms. The highest BCUT2D eigenvalue weighted by Crippen LogP contribution is 2.29. The highest BCUT2D eigenvalue weighted by Gasteiger charge is 2.13. The Morgan fingerprint density at radius 1 is 1.06 bits per heavy atom. The highest BCUT2D eigenvalue weighted by atomic mass is 35.5. The number of nitro benzene ring substituents is 1. The number of anilines is 2. The quantitative estimate of drug-likeness (QED) is 0.183. The molecule has 3 rings (SSSR count). The molecule has 0 bridgehead atoms. The van der Waals surface area contributed by atoms with Crippen molar-refractivity contribution < 1.29 is 24.0 Å². The summed E-state index contributed by atoms with van der Waals surface area (Å²) in [5.41, 5.74) is 0.930. The molecule has 0 unspecified atom stereocenters. The number of halogens is 1. The first kappa shape index (κ1) is 25.7. The fourth-order valence-electron chi connectivity index (χ4n) is 2.98. The molecular formula is C25H19ClN4O6. The molecule has 0 radical (unpaired) electrons. The molecular weight excluding hydrogens is 488 g/mol. The molecule has 0 atom stereocenters. The fraction of sp³-hybridized carbons (Fsp3) is 0.0800. The number of nitro groups is 1. The van der Waals surface area contributed by atoms with E-state index in [1.807, 2.05) is 6.07 Å². The van der Waals surface area contributed by atoms with Crippen molar-refractivity contribution in [1.82, 2.24) is 0 Å². The number of methoxy groups -OCH3 is 1. The minimum absolute atomic E-state index is 0.142. The van der Waals surface area contributed by atoms with Crippen molar-refractivity contribution in [3.8, 4) is 17.6 Å². The van der Waals surface area contributed by atoms with Crippen LogP contribution in [0, 0.1) is 21.4 Å². The number of non-ortho nitro benzene ring substituents is 1. The van der Waals surface area contributed by atoms with E-state index in [1.54, 1.807) is 36.4 Å². The lowest BCUT2D eigenvalue weighted by molar-refractivity contribution is -0.384. The predicted molar refractivity (Wildman–Crippen MR) is 134 cm³/mol. The van der Waals surface area contributed by atoms with Crippen LogP contribution in [-0.4, -0.2) is 30.5 Å². The first-order valence-electron chi connectivity index (χ1n) is 10.3. The number of carbonyl (C=O) groups is 2. The summed E-state index contributed by atoms with van der Waals surface area (Å²) in [5, 5.41) is 26.0. The van der Waals surface area contributed by atoms with Crippen LogP contribution < -0.4 is 20.1 Å². The molecule has 2 N–H and O–H groups in total. The van der Waals surface area contributed by atoms with Gasteiger partial charge in [0.15, 0.2) is 18.1 Å². The van der Waals surface area contributed by atoms with E-state index in [0.717, 1.165) is 0 Å². The van der Waals surface area contributed by atoms with Crippen molar-refractivity contribution in [2.24, 2.45) is 0 Å². The molecule has 3 aromatic carbocycles. The van der Waals surface area contributed by atoms with E-state index < -0.39 is 16.7 Å². The third-order valence-corrected chi connectivity index (χ3v) is 4.92. The van der Waals surface area contributed by atoms with E-state index in [0.29, 0.717) is 16.3 Å². The Morgan fingerprint density at radius 3 is 2.47 bits per heavy atom. The van der Waals surface area contributed by atoms with Gasteiger partial charge in [-0.15, -0.1) is 0 Å². The van der Waals surface area contributed by atoms with Crippen molar-refractivity contribution >= 4 is 46.6 Å². The number of nitrogens with one attached hydrogen (secondary N) is 2. The summed E-state index contributed by atoms with van der Waals surface area (Å²) in [5.74, 6) is -0.626. The lowest BCUT2D eigenvalue weighted by Crippen LogP contribution is -2.20. The first-order chi connectivity index (χ1) is 17.3. The Morgan fingerprint density at radius 2 is 1.81 bits per heavy atom. The molecule has 0 aliphatic carbocycles. The lowest BCUT2D eigenvalue weighted by atomic mass is 10.1. The Kier molecular flexibility index (Phi) is 8.58. The van der Waals surface area contributed by atoms with Crippen LogP contribution in [0.3, 0.4) is 0 Å². The molecule has 0 fully saturated rings. The zero-order chi connectivity index (χ0) is 26.1. The van der Waals surface area contributed by atoms with Crippen LogP contribution in [-0.2, 0) is 9.59 Å². The summed E-state index contributed by atoms with van der Waals surface area (Å²) >= 11 is 5.84. The van der Waals surface area contributed by atoms with Gasteiger partial charge in [0, 0.05) is 28.5 Å². The van der Waals surface area contributed by atoms with Crippen LogP contribution >= 0.6 is 11.6 Å². The Labute approximate surface area is 210 Å². The van der Waals surface area contributed by atoms with Crippen molar-refractivity contribution in [2.45, 2.75) is 0 Å². The SMILES string of the molecule is COc1cc(/C=C(/C#N)C(=O)Nc2ccc(Cl)cc2)ccc1OCC(=O)Nc1cccc([N+](=O)[O-])c1. The normalized spacial score (nSPS) is 10.6. The van der Waals surface area contributed by atoms with Crippen LogP contribution in [0.4, 0.5) is 17.1 Å². The van der Waals surface area contributed by atoms with Gasteiger partial charge >= 0.3 is 0 Å². The molecule has 10 nitrogen and oxygen atoms in total. The number of nitrogens with zero attached hydrogens (tertiary/aromatic N) is 2. The largest absolute Gasteiger partial charge is 0.493 e. The maximum Gasteiger partial charge on any atom is 0.271 e. The number of nitriles is 1. The number of benzene rings is 3. The van der Waals surface area contributed by atoms with E-state index in [1.165, 1.54) is 43.5 Å². The van der Waals surface area contributed by atoms with Crippen molar-refractivity contribution in [3.05, 3.63) is 93.0 Å². The Balaban J connectivity index is 1.66. The van der Waals surface area contributed by atoms with Crippen molar-refractivity contribution in [2.75, 3.05) is 24.4 Å². The molecule has 0 heterocycles. The monoisotopic (exact) mass is 506 g/mol. The zero-order valence-electron chi connectivity index (χ0n) is 18.9. The predicted octanol–water partition coefficient (Wildman–Crippen LogP) is 4.82. The number of hydrogen-bond acceptors (Lipinski definition) is 7. The van der Waals surface area contributed by atoms with Crippen LogP contribution in [0.5, 0.6) is 11.5 Å². The summed E-state index contributed by atoms with van der Waals surface area (Å²) < 4.78 is 10.8. The van der Waals surface area contributed by atoms with Gasteiger partial charge in [0.05, 0.1) is 12.0 Å². The molecule has 3 aromatic rings. The third-order valence-electron chi connectivity index (χ3n) is 4.67. The molecule has 0 spiro atoms. The smallest absolute Gasteiger partial charge is 0.271 e. The van der Waals surface area contributed by atoms with Gasteiger partial charge in [-0.05, 0) is 54.1 Å². The van der Waals surface area contributed by atoms with Gasteiger partial charge in [-0.3, -0.25) is 19.7 Å². The van der Waals surface area contributed by atoms with Crippen molar-refractivity contribution in [1.29, 1.82) is 5.26 Å². The standard InChI is InChI=1S/C25H19ClN4O6/c1-35-23-12-16(11-17(14-27)25(32)29-19-8-6-18(26)7-9-19)5-10-22(23)36-15-24(31)28-20-3-2-4-21(13-20)30(33)34/h2-13H,15H2,1H3,(H,28,31)(H,29,32)/b17-11-. The molecule has 0 aliphatic heterocycles. The van der Waals surface area contributed by atoms with E-state index in [2.05, 4.69) is 10.6 Å². The van der Waals surface area contributed by atoms with Gasteiger partial charge in [-0.1, -0.05) is 23.7 Å². The summed E-state index contributed by atoms with van der Waals surface area (Å²) in [6.07, 6.45) is 1.38. The van der Waals surface area contributed by atoms with Gasteiger partial charge < -0.3 is 20.1 Å². The Hall–Kier alpha value is -4.88. The number of rotatable bonds is 9. The maximum atomic E-state index is 12.5. The molecule has 0 aliphatic rings. The fourth-order valence-corrected chi connectivity index (χ4v) is 3.10. The Bertz CT molecular complexity index is 1370. The van der Waals surface area contributed by atoms with Crippen LogP contribution in [0.15, 0.2) is 72.3 Å². The van der Waals surface area contributed by atoms with E-state index in [4.69, 9.17) is 21.1 Å². The minimum atomic E-state index is -0.600.